The molecule has 12 rings (SSSR count). The maximum atomic E-state index is 15.9. The van der Waals surface area contributed by atoms with Crippen LogP contribution in [-0.4, -0.2) is 9.38 Å². The number of imidazole rings is 1. The molecule has 10 aromatic carbocycles. The maximum Gasteiger partial charge on any atom is 0.171 e. The average molecular weight is 745 g/mol. The zero-order chi connectivity index (χ0) is 37.7. The van der Waals surface area contributed by atoms with E-state index in [1.165, 1.54) is 27.1 Å². The van der Waals surface area contributed by atoms with Gasteiger partial charge in [0.05, 0.1) is 16.6 Å². The summed E-state index contributed by atoms with van der Waals surface area (Å²) in [6.45, 7) is 0. The minimum absolute atomic E-state index is 0.830. The van der Waals surface area contributed by atoms with Crippen LogP contribution in [0, 0.1) is 0 Å². The number of para-hydroxylation sites is 2. The Hall–Kier alpha value is -7.06. The molecule has 12 aromatic rings. The Bertz CT molecular complexity index is 3610. The van der Waals surface area contributed by atoms with Gasteiger partial charge < -0.3 is 4.57 Å². The van der Waals surface area contributed by atoms with Gasteiger partial charge in [0.2, 0.25) is 0 Å². The smallest absolute Gasteiger partial charge is 0.171 e. The molecule has 0 aliphatic carbocycles. The lowest BCUT2D eigenvalue weighted by atomic mass is 9.96. The van der Waals surface area contributed by atoms with Gasteiger partial charge in [-0.3, -0.25) is 4.40 Å². The van der Waals surface area contributed by atoms with Crippen molar-refractivity contribution in [3.8, 4) is 11.1 Å². The van der Waals surface area contributed by atoms with Crippen LogP contribution in [0.25, 0.3) is 92.6 Å². The molecule has 0 N–H and O–H groups in total. The van der Waals surface area contributed by atoms with Crippen LogP contribution < -0.4 is 15.9 Å². The van der Waals surface area contributed by atoms with Crippen LogP contribution in [0.5, 0.6) is 0 Å². The molecule has 0 radical (unpaired) electrons. The summed E-state index contributed by atoms with van der Waals surface area (Å²) in [5.41, 5.74) is 6.55. The van der Waals surface area contributed by atoms with E-state index in [2.05, 4.69) is 180 Å². The first kappa shape index (κ1) is 32.2. The van der Waals surface area contributed by atoms with E-state index in [0.29, 0.717) is 0 Å². The topological polar surface area (TPSA) is 34.4 Å². The van der Waals surface area contributed by atoms with Crippen molar-refractivity contribution in [3.63, 3.8) is 0 Å². The summed E-state index contributed by atoms with van der Waals surface area (Å²) < 4.78 is 18.2. The first-order chi connectivity index (χ1) is 28.1. The van der Waals surface area contributed by atoms with Gasteiger partial charge in [0.15, 0.2) is 7.14 Å². The summed E-state index contributed by atoms with van der Waals surface area (Å²) in [6, 6.07) is 70.5. The Morgan fingerprint density at radius 1 is 0.368 bits per heavy atom. The summed E-state index contributed by atoms with van der Waals surface area (Å²) in [6.07, 6.45) is 0. The number of hydrogen-bond donors (Lipinski definition) is 0. The molecule has 266 valence electrons. The van der Waals surface area contributed by atoms with Gasteiger partial charge in [-0.1, -0.05) is 158 Å². The SMILES string of the molecule is O=P(c1ccc2ccccc2c1)(c1ccc2ccccc2c1)c1ccc2cc(-c3ccc4c(ccc5c6ccccc6c6nc7ccccc7n6c45)c3)ccc2c1. The van der Waals surface area contributed by atoms with Crippen LogP contribution in [0.2, 0.25) is 0 Å². The fourth-order valence-corrected chi connectivity index (χ4v) is 11.8. The fraction of sp³-hybridized carbons (Fsp3) is 0. The lowest BCUT2D eigenvalue weighted by molar-refractivity contribution is 0.592. The minimum atomic E-state index is -3.26. The van der Waals surface area contributed by atoms with E-state index in [9.17, 15) is 0 Å². The van der Waals surface area contributed by atoms with Crippen molar-refractivity contribution in [2.75, 3.05) is 0 Å². The van der Waals surface area contributed by atoms with Crippen LogP contribution in [0.4, 0.5) is 0 Å². The first-order valence-corrected chi connectivity index (χ1v) is 21.1. The Labute approximate surface area is 328 Å². The molecule has 57 heavy (non-hydrogen) atoms. The number of nitrogens with zero attached hydrogens (tertiary/aromatic N) is 2. The van der Waals surface area contributed by atoms with Crippen molar-refractivity contribution >= 4 is 105 Å². The Kier molecular flexibility index (Phi) is 6.90. The quantitative estimate of drug-likeness (QED) is 0.133. The summed E-state index contributed by atoms with van der Waals surface area (Å²) in [4.78, 5) is 5.12. The Balaban J connectivity index is 0.998. The largest absolute Gasteiger partial charge is 0.309 e. The number of benzene rings is 10. The molecule has 0 unspecified atom stereocenters. The highest BCUT2D eigenvalue weighted by Gasteiger charge is 2.31. The van der Waals surface area contributed by atoms with E-state index < -0.39 is 7.14 Å². The van der Waals surface area contributed by atoms with Gasteiger partial charge in [0, 0.05) is 32.1 Å². The molecule has 4 heteroatoms. The monoisotopic (exact) mass is 744 g/mol. The van der Waals surface area contributed by atoms with E-state index in [-0.39, 0.29) is 0 Å². The number of rotatable bonds is 4. The minimum Gasteiger partial charge on any atom is -0.309 e. The molecule has 0 spiro atoms. The second-order valence-corrected chi connectivity index (χ2v) is 17.9. The number of fused-ring (bicyclic) bond motifs is 13. The van der Waals surface area contributed by atoms with Crippen molar-refractivity contribution in [1.82, 2.24) is 9.38 Å². The summed E-state index contributed by atoms with van der Waals surface area (Å²) in [5.74, 6) is 0. The second kappa shape index (κ2) is 12.2. The van der Waals surface area contributed by atoms with Crippen molar-refractivity contribution < 1.29 is 4.57 Å². The zero-order valence-electron chi connectivity index (χ0n) is 30.8. The molecule has 0 aliphatic rings. The third-order valence-electron chi connectivity index (χ3n) is 11.9. The Morgan fingerprint density at radius 2 is 0.842 bits per heavy atom. The van der Waals surface area contributed by atoms with E-state index >= 15 is 4.57 Å². The highest BCUT2D eigenvalue weighted by Crippen LogP contribution is 2.45. The molecule has 0 saturated carbocycles. The van der Waals surface area contributed by atoms with Crippen LogP contribution in [0.15, 0.2) is 200 Å². The molecule has 2 aromatic heterocycles. The predicted molar refractivity (Wildman–Crippen MR) is 243 cm³/mol. The third-order valence-corrected chi connectivity index (χ3v) is 15.0. The van der Waals surface area contributed by atoms with E-state index in [1.54, 1.807) is 0 Å². The van der Waals surface area contributed by atoms with Gasteiger partial charge in [-0.15, -0.1) is 0 Å². The molecule has 2 heterocycles. The zero-order valence-corrected chi connectivity index (χ0v) is 31.7. The van der Waals surface area contributed by atoms with Crippen LogP contribution >= 0.6 is 7.14 Å². The molecule has 0 aliphatic heterocycles. The summed E-state index contributed by atoms with van der Waals surface area (Å²) >= 11 is 0. The van der Waals surface area contributed by atoms with Crippen molar-refractivity contribution in [1.29, 1.82) is 0 Å². The van der Waals surface area contributed by atoms with Crippen LogP contribution in [-0.2, 0) is 4.57 Å². The van der Waals surface area contributed by atoms with Gasteiger partial charge in [0.25, 0.3) is 0 Å². The van der Waals surface area contributed by atoms with Crippen molar-refractivity contribution in [2.24, 2.45) is 0 Å². The number of aromatic nitrogens is 2. The lowest BCUT2D eigenvalue weighted by Gasteiger charge is -2.22. The van der Waals surface area contributed by atoms with Gasteiger partial charge in [-0.2, -0.15) is 0 Å². The van der Waals surface area contributed by atoms with Gasteiger partial charge >= 0.3 is 0 Å². The molecule has 0 fully saturated rings. The third kappa shape index (κ3) is 4.86. The normalized spacial score (nSPS) is 12.3. The molecular formula is C53H33N2OP. The predicted octanol–water partition coefficient (Wildman–Crippen LogP) is 12.7. The van der Waals surface area contributed by atoms with E-state index in [4.69, 9.17) is 4.98 Å². The van der Waals surface area contributed by atoms with Gasteiger partial charge in [-0.05, 0) is 96.7 Å². The first-order valence-electron chi connectivity index (χ1n) is 19.4. The van der Waals surface area contributed by atoms with Crippen LogP contribution in [0.3, 0.4) is 0 Å². The van der Waals surface area contributed by atoms with Crippen LogP contribution in [0.1, 0.15) is 0 Å². The lowest BCUT2D eigenvalue weighted by Crippen LogP contribution is -2.25. The molecule has 0 saturated heterocycles. The van der Waals surface area contributed by atoms with Crippen molar-refractivity contribution in [3.05, 3.63) is 200 Å². The number of hydrogen-bond acceptors (Lipinski definition) is 2. The molecule has 0 bridgehead atoms. The van der Waals surface area contributed by atoms with Gasteiger partial charge in [-0.25, -0.2) is 4.98 Å². The average Bonchev–Trinajstić information content (AvgIpc) is 3.67. The number of pyridine rings is 1. The fourth-order valence-electron chi connectivity index (χ4n) is 9.10. The van der Waals surface area contributed by atoms with Gasteiger partial charge in [0.1, 0.15) is 5.65 Å². The summed E-state index contributed by atoms with van der Waals surface area (Å²) in [5, 5.41) is 15.1. The Morgan fingerprint density at radius 3 is 1.54 bits per heavy atom. The molecule has 3 nitrogen and oxygen atoms in total. The second-order valence-electron chi connectivity index (χ2n) is 15.1. The molecule has 0 atom stereocenters. The highest BCUT2D eigenvalue weighted by atomic mass is 31.2. The molecular weight excluding hydrogens is 712 g/mol. The van der Waals surface area contributed by atoms with Crippen molar-refractivity contribution in [2.45, 2.75) is 0 Å². The molecule has 0 amide bonds. The summed E-state index contributed by atoms with van der Waals surface area (Å²) in [7, 11) is -3.26. The maximum absolute atomic E-state index is 15.9. The highest BCUT2D eigenvalue weighted by molar-refractivity contribution is 7.85. The van der Waals surface area contributed by atoms with E-state index in [1.807, 2.05) is 24.3 Å². The standard InChI is InChI=1S/C53H33N2OP/c56-57(43-24-19-34-9-1-3-11-36(34)31-43,44-25-20-35-10-2-4-12-37(35)32-44)45-26-21-39-29-38(17-18-41(39)33-45)40-22-27-46-42(30-40)23-28-48-47-13-5-6-14-49(47)53-54-50-15-7-8-16-51(50)55(53)52(46)48/h1-33H. The van der Waals surface area contributed by atoms with E-state index in [0.717, 1.165) is 81.4 Å².